The molecule has 0 spiro atoms. The van der Waals surface area contributed by atoms with E-state index in [4.69, 9.17) is 11.5 Å². The fourth-order valence-electron chi connectivity index (χ4n) is 1.93. The smallest absolute Gasteiger partial charge is 0.00915 e. The van der Waals surface area contributed by atoms with Gasteiger partial charge in [-0.1, -0.05) is 13.8 Å². The molecule has 1 aliphatic rings. The van der Waals surface area contributed by atoms with E-state index in [2.05, 4.69) is 13.8 Å². The van der Waals surface area contributed by atoms with E-state index < -0.39 is 0 Å². The van der Waals surface area contributed by atoms with Crippen molar-refractivity contribution in [3.05, 3.63) is 0 Å². The molecular weight excluding hydrogens is 124 g/mol. The molecule has 0 bridgehead atoms. The maximum absolute atomic E-state index is 5.93. The van der Waals surface area contributed by atoms with Gasteiger partial charge >= 0.3 is 0 Å². The summed E-state index contributed by atoms with van der Waals surface area (Å²) in [6.07, 6.45) is 2.21. The van der Waals surface area contributed by atoms with Crippen LogP contribution in [-0.4, -0.2) is 12.1 Å². The summed E-state index contributed by atoms with van der Waals surface area (Å²) < 4.78 is 0. The summed E-state index contributed by atoms with van der Waals surface area (Å²) in [5.74, 6) is 1.22. The standard InChI is InChI=1S/C8H18N2/c1-5-3-7(9)4-6(2)8(5)10/h5-8H,3-4,9-10H2,1-2H3. The van der Waals surface area contributed by atoms with Gasteiger partial charge in [0, 0.05) is 12.1 Å². The SMILES string of the molecule is CC1CC(N)CC(C)C1N. The molecule has 2 atom stereocenters. The van der Waals surface area contributed by atoms with Gasteiger partial charge in [0.1, 0.15) is 0 Å². The Balaban J connectivity index is 2.49. The average Bonchev–Trinajstić information content (AvgIpc) is 1.82. The highest BCUT2D eigenvalue weighted by molar-refractivity contribution is 4.86. The lowest BCUT2D eigenvalue weighted by Gasteiger charge is -2.35. The summed E-state index contributed by atoms with van der Waals surface area (Å²) in [6.45, 7) is 4.39. The van der Waals surface area contributed by atoms with Gasteiger partial charge in [-0.2, -0.15) is 0 Å². The monoisotopic (exact) mass is 142 g/mol. The van der Waals surface area contributed by atoms with Crippen molar-refractivity contribution in [3.8, 4) is 0 Å². The molecular formula is C8H18N2. The third kappa shape index (κ3) is 1.50. The Hall–Kier alpha value is -0.0800. The summed E-state index contributed by atoms with van der Waals surface area (Å²) in [6, 6.07) is 0.768. The van der Waals surface area contributed by atoms with Crippen LogP contribution in [0.25, 0.3) is 0 Å². The normalized spacial score (nSPS) is 49.2. The second-order valence-corrected chi connectivity index (χ2v) is 3.76. The molecule has 4 N–H and O–H groups in total. The van der Waals surface area contributed by atoms with Gasteiger partial charge in [-0.05, 0) is 24.7 Å². The van der Waals surface area contributed by atoms with Crippen molar-refractivity contribution in [1.29, 1.82) is 0 Å². The highest BCUT2D eigenvalue weighted by Gasteiger charge is 2.28. The molecule has 2 unspecified atom stereocenters. The van der Waals surface area contributed by atoms with E-state index in [1.807, 2.05) is 0 Å². The topological polar surface area (TPSA) is 52.0 Å². The van der Waals surface area contributed by atoms with Crippen LogP contribution in [0.15, 0.2) is 0 Å². The third-order valence-electron chi connectivity index (χ3n) is 2.66. The number of hydrogen-bond acceptors (Lipinski definition) is 2. The van der Waals surface area contributed by atoms with Crippen molar-refractivity contribution in [1.82, 2.24) is 0 Å². The molecule has 0 radical (unpaired) electrons. The Bertz CT molecular complexity index is 102. The zero-order valence-electron chi connectivity index (χ0n) is 6.88. The summed E-state index contributed by atoms with van der Waals surface area (Å²) in [7, 11) is 0. The van der Waals surface area contributed by atoms with Crippen molar-refractivity contribution >= 4 is 0 Å². The molecule has 0 aromatic carbocycles. The van der Waals surface area contributed by atoms with Crippen LogP contribution >= 0.6 is 0 Å². The van der Waals surface area contributed by atoms with E-state index in [0.29, 0.717) is 23.9 Å². The van der Waals surface area contributed by atoms with E-state index in [1.54, 1.807) is 0 Å². The first-order valence-electron chi connectivity index (χ1n) is 4.12. The maximum atomic E-state index is 5.93. The molecule has 0 aromatic heterocycles. The number of nitrogens with two attached hydrogens (primary N) is 2. The van der Waals surface area contributed by atoms with E-state index in [1.165, 1.54) is 0 Å². The Kier molecular flexibility index (Phi) is 2.32. The fourth-order valence-corrected chi connectivity index (χ4v) is 1.93. The van der Waals surface area contributed by atoms with Crippen molar-refractivity contribution in [2.24, 2.45) is 23.3 Å². The van der Waals surface area contributed by atoms with Gasteiger partial charge in [0.25, 0.3) is 0 Å². The molecule has 0 aliphatic heterocycles. The minimum absolute atomic E-state index is 0.375. The summed E-state index contributed by atoms with van der Waals surface area (Å²) >= 11 is 0. The molecule has 1 fully saturated rings. The van der Waals surface area contributed by atoms with Crippen molar-refractivity contribution in [2.75, 3.05) is 0 Å². The largest absolute Gasteiger partial charge is 0.328 e. The van der Waals surface area contributed by atoms with Crippen LogP contribution in [0.3, 0.4) is 0 Å². The molecule has 2 heteroatoms. The first-order chi connectivity index (χ1) is 4.61. The van der Waals surface area contributed by atoms with Gasteiger partial charge in [-0.25, -0.2) is 0 Å². The molecule has 0 amide bonds. The zero-order valence-corrected chi connectivity index (χ0v) is 6.88. The van der Waals surface area contributed by atoms with Gasteiger partial charge < -0.3 is 11.5 Å². The van der Waals surface area contributed by atoms with Gasteiger partial charge in [0.05, 0.1) is 0 Å². The van der Waals surface area contributed by atoms with Crippen LogP contribution in [0, 0.1) is 11.8 Å². The lowest BCUT2D eigenvalue weighted by Crippen LogP contribution is -2.45. The van der Waals surface area contributed by atoms with Crippen LogP contribution in [0.4, 0.5) is 0 Å². The number of hydrogen-bond donors (Lipinski definition) is 2. The highest BCUT2D eigenvalue weighted by Crippen LogP contribution is 2.26. The lowest BCUT2D eigenvalue weighted by molar-refractivity contribution is 0.226. The van der Waals surface area contributed by atoms with E-state index >= 15 is 0 Å². The van der Waals surface area contributed by atoms with Crippen LogP contribution in [0.1, 0.15) is 26.7 Å². The fraction of sp³-hybridized carbons (Fsp3) is 1.00. The quantitative estimate of drug-likeness (QED) is 0.523. The second-order valence-electron chi connectivity index (χ2n) is 3.76. The Morgan fingerprint density at radius 3 is 1.80 bits per heavy atom. The summed E-state index contributed by atoms with van der Waals surface area (Å²) in [4.78, 5) is 0. The van der Waals surface area contributed by atoms with Gasteiger partial charge in [-0.15, -0.1) is 0 Å². The molecule has 60 valence electrons. The van der Waals surface area contributed by atoms with Crippen LogP contribution in [-0.2, 0) is 0 Å². The predicted octanol–water partition coefficient (Wildman–Crippen LogP) is 0.707. The molecule has 0 heterocycles. The molecule has 1 rings (SSSR count). The Morgan fingerprint density at radius 2 is 1.40 bits per heavy atom. The van der Waals surface area contributed by atoms with Crippen LogP contribution in [0.2, 0.25) is 0 Å². The molecule has 0 aromatic rings. The Morgan fingerprint density at radius 1 is 1.00 bits per heavy atom. The first-order valence-corrected chi connectivity index (χ1v) is 4.12. The third-order valence-corrected chi connectivity index (χ3v) is 2.66. The zero-order chi connectivity index (χ0) is 7.72. The van der Waals surface area contributed by atoms with Gasteiger partial charge in [-0.3, -0.25) is 0 Å². The van der Waals surface area contributed by atoms with Crippen molar-refractivity contribution in [3.63, 3.8) is 0 Å². The number of rotatable bonds is 0. The van der Waals surface area contributed by atoms with Crippen LogP contribution < -0.4 is 11.5 Å². The van der Waals surface area contributed by atoms with Crippen molar-refractivity contribution < 1.29 is 0 Å². The first kappa shape index (κ1) is 8.02. The van der Waals surface area contributed by atoms with E-state index in [0.717, 1.165) is 12.8 Å². The highest BCUT2D eigenvalue weighted by atomic mass is 14.7. The summed E-state index contributed by atoms with van der Waals surface area (Å²) in [5, 5.41) is 0. The maximum Gasteiger partial charge on any atom is 0.00915 e. The molecule has 10 heavy (non-hydrogen) atoms. The minimum Gasteiger partial charge on any atom is -0.328 e. The summed E-state index contributed by atoms with van der Waals surface area (Å²) in [5.41, 5.74) is 11.8. The van der Waals surface area contributed by atoms with Gasteiger partial charge in [0.2, 0.25) is 0 Å². The van der Waals surface area contributed by atoms with Crippen LogP contribution in [0.5, 0.6) is 0 Å². The van der Waals surface area contributed by atoms with E-state index in [-0.39, 0.29) is 0 Å². The molecule has 0 saturated heterocycles. The Labute approximate surface area is 63.0 Å². The lowest BCUT2D eigenvalue weighted by atomic mass is 9.77. The molecule has 1 saturated carbocycles. The van der Waals surface area contributed by atoms with E-state index in [9.17, 15) is 0 Å². The molecule has 2 nitrogen and oxygen atoms in total. The average molecular weight is 142 g/mol. The minimum atomic E-state index is 0.375. The molecule has 1 aliphatic carbocycles. The predicted molar refractivity (Wildman–Crippen MR) is 43.5 cm³/mol. The van der Waals surface area contributed by atoms with Gasteiger partial charge in [0.15, 0.2) is 0 Å². The van der Waals surface area contributed by atoms with Crippen molar-refractivity contribution in [2.45, 2.75) is 38.8 Å². The second kappa shape index (κ2) is 2.89.